The van der Waals surface area contributed by atoms with Crippen LogP contribution in [0.5, 0.6) is 0 Å². The third-order valence-electron chi connectivity index (χ3n) is 3.77. The monoisotopic (exact) mass is 326 g/mol. The van der Waals surface area contributed by atoms with Gasteiger partial charge in [-0.3, -0.25) is 4.79 Å². The maximum absolute atomic E-state index is 13.2. The van der Waals surface area contributed by atoms with E-state index in [1.807, 2.05) is 0 Å². The van der Waals surface area contributed by atoms with Crippen LogP contribution in [0.3, 0.4) is 0 Å². The number of rotatable bonds is 5. The van der Waals surface area contributed by atoms with Gasteiger partial charge in [0.25, 0.3) is 0 Å². The summed E-state index contributed by atoms with van der Waals surface area (Å²) < 4.78 is 13.2. The quantitative estimate of drug-likeness (QED) is 0.674. The molecule has 0 aliphatic carbocycles. The fraction of sp³-hybridized carbons (Fsp3) is 0.111. The molecule has 0 unspecified atom stereocenters. The number of carboxylic acids is 1. The third kappa shape index (κ3) is 3.27. The Labute approximate surface area is 137 Å². The molecular weight excluding hydrogens is 311 g/mol. The highest BCUT2D eigenvalue weighted by Crippen LogP contribution is 2.20. The average Bonchev–Trinajstić information content (AvgIpc) is 2.95. The second-order valence-corrected chi connectivity index (χ2v) is 5.43. The Balaban J connectivity index is 1.77. The molecule has 0 saturated heterocycles. The van der Waals surface area contributed by atoms with Crippen molar-refractivity contribution in [3.63, 3.8) is 0 Å². The van der Waals surface area contributed by atoms with Crippen molar-refractivity contribution in [2.75, 3.05) is 0 Å². The molecule has 122 valence electrons. The number of carbonyl (C=O) groups is 2. The number of benzene rings is 2. The van der Waals surface area contributed by atoms with Crippen molar-refractivity contribution in [1.29, 1.82) is 0 Å². The predicted octanol–water partition coefficient (Wildman–Crippen LogP) is 2.79. The number of aromatic nitrogens is 1. The van der Waals surface area contributed by atoms with Crippen LogP contribution in [0.4, 0.5) is 4.39 Å². The molecule has 3 N–H and O–H groups in total. The van der Waals surface area contributed by atoms with Crippen molar-refractivity contribution in [2.45, 2.75) is 12.5 Å². The lowest BCUT2D eigenvalue weighted by molar-refractivity contribution is -0.141. The van der Waals surface area contributed by atoms with Gasteiger partial charge in [0.2, 0.25) is 5.91 Å². The summed E-state index contributed by atoms with van der Waals surface area (Å²) in [6.07, 6.45) is 1.63. The maximum Gasteiger partial charge on any atom is 0.330 e. The molecule has 0 fully saturated rings. The highest BCUT2D eigenvalue weighted by atomic mass is 19.1. The molecule has 1 heterocycles. The Hall–Kier alpha value is -3.15. The number of amides is 1. The smallest absolute Gasteiger partial charge is 0.330 e. The maximum atomic E-state index is 13.2. The van der Waals surface area contributed by atoms with Crippen LogP contribution in [-0.2, 0) is 16.0 Å². The van der Waals surface area contributed by atoms with Gasteiger partial charge in [0, 0.05) is 17.1 Å². The number of fused-ring (bicyclic) bond motifs is 1. The van der Waals surface area contributed by atoms with E-state index in [1.54, 1.807) is 42.6 Å². The summed E-state index contributed by atoms with van der Waals surface area (Å²) in [6.45, 7) is 0. The number of hydrogen-bond acceptors (Lipinski definition) is 2. The van der Waals surface area contributed by atoms with Crippen LogP contribution in [0.1, 0.15) is 17.2 Å². The van der Waals surface area contributed by atoms with E-state index in [-0.39, 0.29) is 12.2 Å². The minimum Gasteiger partial charge on any atom is -0.479 e. The minimum absolute atomic E-state index is 0.00223. The average molecular weight is 326 g/mol. The van der Waals surface area contributed by atoms with Gasteiger partial charge in [-0.15, -0.1) is 0 Å². The first-order valence-electron chi connectivity index (χ1n) is 7.37. The molecule has 24 heavy (non-hydrogen) atoms. The van der Waals surface area contributed by atoms with Crippen molar-refractivity contribution in [2.24, 2.45) is 0 Å². The molecule has 1 amide bonds. The van der Waals surface area contributed by atoms with Crippen molar-refractivity contribution in [1.82, 2.24) is 10.3 Å². The van der Waals surface area contributed by atoms with Crippen LogP contribution in [0.2, 0.25) is 0 Å². The number of aliphatic carboxylic acids is 1. The second-order valence-electron chi connectivity index (χ2n) is 5.43. The van der Waals surface area contributed by atoms with E-state index >= 15 is 0 Å². The van der Waals surface area contributed by atoms with E-state index in [1.165, 1.54) is 12.1 Å². The molecule has 0 saturated carbocycles. The topological polar surface area (TPSA) is 82.2 Å². The van der Waals surface area contributed by atoms with Crippen LogP contribution in [0, 0.1) is 5.82 Å². The van der Waals surface area contributed by atoms with Gasteiger partial charge in [-0.2, -0.15) is 0 Å². The standard InChI is InChI=1S/C18H15FN2O3/c19-13-6-7-14-12(10-20-15(14)9-13)8-16(22)21-17(18(23)24)11-4-2-1-3-5-11/h1-7,9-10,17,20H,8H2,(H,21,22)(H,23,24)/t17-/m1/s1. The fourth-order valence-corrected chi connectivity index (χ4v) is 2.62. The third-order valence-corrected chi connectivity index (χ3v) is 3.77. The van der Waals surface area contributed by atoms with Gasteiger partial charge < -0.3 is 15.4 Å². The molecule has 3 aromatic rings. The van der Waals surface area contributed by atoms with E-state index in [9.17, 15) is 19.1 Å². The van der Waals surface area contributed by atoms with Gasteiger partial charge >= 0.3 is 5.97 Å². The lowest BCUT2D eigenvalue weighted by Crippen LogP contribution is -2.34. The minimum atomic E-state index is -1.13. The number of carboxylic acid groups (broad SMARTS) is 1. The lowest BCUT2D eigenvalue weighted by atomic mass is 10.1. The Morgan fingerprint density at radius 2 is 1.92 bits per heavy atom. The van der Waals surface area contributed by atoms with Gasteiger partial charge in [-0.05, 0) is 29.3 Å². The molecule has 1 aromatic heterocycles. The lowest BCUT2D eigenvalue weighted by Gasteiger charge is -2.14. The van der Waals surface area contributed by atoms with Crippen LogP contribution in [-0.4, -0.2) is 22.0 Å². The van der Waals surface area contributed by atoms with Gasteiger partial charge in [0.05, 0.1) is 6.42 Å². The molecule has 5 nitrogen and oxygen atoms in total. The molecule has 0 bridgehead atoms. The van der Waals surface area contributed by atoms with Crippen LogP contribution < -0.4 is 5.32 Å². The fourth-order valence-electron chi connectivity index (χ4n) is 2.62. The van der Waals surface area contributed by atoms with E-state index < -0.39 is 17.9 Å². The number of aromatic amines is 1. The highest BCUT2D eigenvalue weighted by molar-refractivity contribution is 5.90. The summed E-state index contributed by atoms with van der Waals surface area (Å²) in [7, 11) is 0. The molecular formula is C18H15FN2O3. The van der Waals surface area contributed by atoms with Gasteiger partial charge in [-0.25, -0.2) is 9.18 Å². The number of hydrogen-bond donors (Lipinski definition) is 3. The molecule has 3 rings (SSSR count). The van der Waals surface area contributed by atoms with E-state index in [2.05, 4.69) is 10.3 Å². The molecule has 2 aromatic carbocycles. The predicted molar refractivity (Wildman–Crippen MR) is 86.9 cm³/mol. The summed E-state index contributed by atoms with van der Waals surface area (Å²) in [5, 5.41) is 12.6. The summed E-state index contributed by atoms with van der Waals surface area (Å²) >= 11 is 0. The van der Waals surface area contributed by atoms with E-state index in [4.69, 9.17) is 0 Å². The first-order chi connectivity index (χ1) is 11.5. The van der Waals surface area contributed by atoms with Crippen molar-refractivity contribution >= 4 is 22.8 Å². The summed E-state index contributed by atoms with van der Waals surface area (Å²) in [6, 6.07) is 11.6. The van der Waals surface area contributed by atoms with Crippen LogP contribution >= 0.6 is 0 Å². The molecule has 1 atom stereocenters. The van der Waals surface area contributed by atoms with E-state index in [0.717, 1.165) is 5.39 Å². The molecule has 6 heteroatoms. The summed E-state index contributed by atoms with van der Waals surface area (Å²) in [5.74, 6) is -1.91. The summed E-state index contributed by atoms with van der Waals surface area (Å²) in [5.41, 5.74) is 1.77. The number of H-pyrrole nitrogens is 1. The number of carbonyl (C=O) groups excluding carboxylic acids is 1. The van der Waals surface area contributed by atoms with Gasteiger partial charge in [0.15, 0.2) is 6.04 Å². The Bertz CT molecular complexity index is 890. The Morgan fingerprint density at radius 1 is 1.17 bits per heavy atom. The normalized spacial score (nSPS) is 12.0. The molecule has 0 spiro atoms. The van der Waals surface area contributed by atoms with Gasteiger partial charge in [-0.1, -0.05) is 30.3 Å². The highest BCUT2D eigenvalue weighted by Gasteiger charge is 2.22. The number of nitrogens with one attached hydrogen (secondary N) is 2. The van der Waals surface area contributed by atoms with Crippen LogP contribution in [0.15, 0.2) is 54.7 Å². The molecule has 0 aliphatic rings. The Kier molecular flexibility index (Phi) is 4.29. The first-order valence-corrected chi connectivity index (χ1v) is 7.37. The van der Waals surface area contributed by atoms with E-state index in [0.29, 0.717) is 16.6 Å². The molecule has 0 aliphatic heterocycles. The zero-order chi connectivity index (χ0) is 17.1. The first kappa shape index (κ1) is 15.7. The zero-order valence-corrected chi connectivity index (χ0v) is 12.6. The SMILES string of the molecule is O=C(Cc1c[nH]c2cc(F)ccc12)N[C@@H](C(=O)O)c1ccccc1. The Morgan fingerprint density at radius 3 is 2.62 bits per heavy atom. The number of halogens is 1. The molecule has 0 radical (unpaired) electrons. The van der Waals surface area contributed by atoms with Crippen molar-refractivity contribution < 1.29 is 19.1 Å². The van der Waals surface area contributed by atoms with Gasteiger partial charge in [0.1, 0.15) is 5.82 Å². The van der Waals surface area contributed by atoms with Crippen LogP contribution in [0.25, 0.3) is 10.9 Å². The second kappa shape index (κ2) is 6.54. The van der Waals surface area contributed by atoms with Crippen molar-refractivity contribution in [3.05, 3.63) is 71.7 Å². The zero-order valence-electron chi connectivity index (χ0n) is 12.6. The largest absolute Gasteiger partial charge is 0.479 e. The van der Waals surface area contributed by atoms with Crippen molar-refractivity contribution in [3.8, 4) is 0 Å². The summed E-state index contributed by atoms with van der Waals surface area (Å²) in [4.78, 5) is 26.6.